The average Bonchev–Trinajstić information content (AvgIpc) is 2.76. The van der Waals surface area contributed by atoms with Crippen molar-refractivity contribution in [1.29, 1.82) is 0 Å². The van der Waals surface area contributed by atoms with Crippen molar-refractivity contribution in [3.8, 4) is 0 Å². The maximum Gasteiger partial charge on any atom is 0.0954 e. The number of hydrogen-bond acceptors (Lipinski definition) is 4. The molecule has 4 heteroatoms. The zero-order chi connectivity index (χ0) is 13.2. The Labute approximate surface area is 114 Å². The van der Waals surface area contributed by atoms with Gasteiger partial charge in [0.15, 0.2) is 0 Å². The zero-order valence-corrected chi connectivity index (χ0v) is 12.5. The first kappa shape index (κ1) is 14.0. The quantitative estimate of drug-likeness (QED) is 0.912. The van der Waals surface area contributed by atoms with E-state index in [1.807, 2.05) is 6.92 Å². The average molecular weight is 268 g/mol. The molecule has 1 aliphatic heterocycles. The van der Waals surface area contributed by atoms with Gasteiger partial charge in [-0.3, -0.25) is 4.90 Å². The first-order valence-corrected chi connectivity index (χ1v) is 7.72. The van der Waals surface area contributed by atoms with Crippen LogP contribution in [0.1, 0.15) is 43.8 Å². The van der Waals surface area contributed by atoms with E-state index in [-0.39, 0.29) is 11.6 Å². The zero-order valence-electron chi connectivity index (χ0n) is 11.6. The summed E-state index contributed by atoms with van der Waals surface area (Å²) in [4.78, 5) is 6.88. The van der Waals surface area contributed by atoms with Crippen LogP contribution in [0.15, 0.2) is 5.38 Å². The highest BCUT2D eigenvalue weighted by atomic mass is 32.1. The van der Waals surface area contributed by atoms with Crippen molar-refractivity contribution < 1.29 is 5.11 Å². The van der Waals surface area contributed by atoms with Crippen molar-refractivity contribution >= 4 is 11.3 Å². The Bertz CT molecular complexity index is 383. The third kappa shape index (κ3) is 3.11. The van der Waals surface area contributed by atoms with Gasteiger partial charge in [0, 0.05) is 23.0 Å². The van der Waals surface area contributed by atoms with Crippen LogP contribution < -0.4 is 0 Å². The minimum atomic E-state index is -0.346. The Morgan fingerprint density at radius 1 is 1.39 bits per heavy atom. The number of aliphatic hydroxyl groups excluding tert-OH is 1. The molecule has 18 heavy (non-hydrogen) atoms. The van der Waals surface area contributed by atoms with Gasteiger partial charge < -0.3 is 5.11 Å². The van der Waals surface area contributed by atoms with Gasteiger partial charge in [0.1, 0.15) is 0 Å². The van der Waals surface area contributed by atoms with Crippen LogP contribution in [0.25, 0.3) is 0 Å². The number of aryl methyl sites for hydroxylation is 1. The molecule has 1 saturated heterocycles. The maximum atomic E-state index is 10.5. The summed E-state index contributed by atoms with van der Waals surface area (Å²) < 4.78 is 0. The Morgan fingerprint density at radius 2 is 2.06 bits per heavy atom. The number of nitrogens with zero attached hydrogens (tertiary/aromatic N) is 2. The summed E-state index contributed by atoms with van der Waals surface area (Å²) in [5.74, 6) is 0. The molecule has 0 amide bonds. The first-order valence-electron chi connectivity index (χ1n) is 6.84. The Hall–Kier alpha value is -0.450. The number of likely N-dealkylation sites (tertiary alicyclic amines) is 1. The number of thiazole rings is 1. The molecule has 1 aliphatic rings. The summed E-state index contributed by atoms with van der Waals surface area (Å²) in [7, 11) is 0. The van der Waals surface area contributed by atoms with E-state index < -0.39 is 0 Å². The molecule has 1 N–H and O–H groups in total. The molecule has 102 valence electrons. The third-order valence-electron chi connectivity index (χ3n) is 4.02. The Morgan fingerprint density at radius 3 is 2.61 bits per heavy atom. The molecule has 3 nitrogen and oxygen atoms in total. The smallest absolute Gasteiger partial charge is 0.0954 e. The lowest BCUT2D eigenvalue weighted by atomic mass is 9.90. The highest BCUT2D eigenvalue weighted by molar-refractivity contribution is 7.09. The number of aliphatic hydroxyl groups is 1. The molecule has 0 radical (unpaired) electrons. The summed E-state index contributed by atoms with van der Waals surface area (Å²) in [5, 5.41) is 13.6. The highest BCUT2D eigenvalue weighted by Crippen LogP contribution is 2.26. The van der Waals surface area contributed by atoms with Crippen LogP contribution >= 0.6 is 11.3 Å². The molecule has 1 unspecified atom stereocenters. The van der Waals surface area contributed by atoms with Gasteiger partial charge in [0.05, 0.1) is 11.1 Å². The molecule has 1 fully saturated rings. The van der Waals surface area contributed by atoms with E-state index in [1.54, 1.807) is 11.3 Å². The van der Waals surface area contributed by atoms with Crippen molar-refractivity contribution in [2.24, 2.45) is 0 Å². The summed E-state index contributed by atoms with van der Waals surface area (Å²) in [6.07, 6.45) is 4.16. The minimum Gasteiger partial charge on any atom is -0.391 e. The molecule has 0 spiro atoms. The minimum absolute atomic E-state index is 0.153. The van der Waals surface area contributed by atoms with Crippen LogP contribution in [-0.4, -0.2) is 39.7 Å². The van der Waals surface area contributed by atoms with Crippen molar-refractivity contribution in [2.45, 2.75) is 58.1 Å². The second-order valence-corrected chi connectivity index (χ2v) is 6.75. The highest BCUT2D eigenvalue weighted by Gasteiger charge is 2.35. The van der Waals surface area contributed by atoms with Gasteiger partial charge in [-0.2, -0.15) is 0 Å². The Kier molecular flexibility index (Phi) is 4.41. The van der Waals surface area contributed by atoms with Crippen molar-refractivity contribution in [3.05, 3.63) is 16.1 Å². The van der Waals surface area contributed by atoms with Crippen LogP contribution in [-0.2, 0) is 6.42 Å². The molecule has 0 bridgehead atoms. The number of hydrogen-bond donors (Lipinski definition) is 1. The summed E-state index contributed by atoms with van der Waals surface area (Å²) >= 11 is 1.65. The normalized spacial score (nSPS) is 20.0. The van der Waals surface area contributed by atoms with Crippen LogP contribution in [0, 0.1) is 6.92 Å². The summed E-state index contributed by atoms with van der Waals surface area (Å²) in [6.45, 7) is 8.54. The Balaban J connectivity index is 1.99. The number of aromatic nitrogens is 1. The van der Waals surface area contributed by atoms with Gasteiger partial charge in [0.25, 0.3) is 0 Å². The third-order valence-corrected chi connectivity index (χ3v) is 5.01. The molecule has 2 rings (SSSR count). The fourth-order valence-corrected chi connectivity index (χ4v) is 3.40. The van der Waals surface area contributed by atoms with Gasteiger partial charge in [-0.05, 0) is 46.7 Å². The SMILES string of the molecule is Cc1csc(CC(O)C(C)(C)N2CCCCC2)n1. The van der Waals surface area contributed by atoms with Gasteiger partial charge in [-0.25, -0.2) is 4.98 Å². The number of rotatable bonds is 4. The standard InChI is InChI=1S/C14H24N2OS/c1-11-10-18-13(15-11)9-12(17)14(2,3)16-7-5-4-6-8-16/h10,12,17H,4-9H2,1-3H3. The fourth-order valence-electron chi connectivity index (χ4n) is 2.59. The van der Waals surface area contributed by atoms with Crippen LogP contribution in [0.4, 0.5) is 0 Å². The lowest BCUT2D eigenvalue weighted by Crippen LogP contribution is -2.54. The number of piperidine rings is 1. The lowest BCUT2D eigenvalue weighted by molar-refractivity contribution is -0.0187. The molecule has 0 aliphatic carbocycles. The van der Waals surface area contributed by atoms with Gasteiger partial charge in [-0.1, -0.05) is 6.42 Å². The summed E-state index contributed by atoms with van der Waals surface area (Å²) in [5.41, 5.74) is 0.901. The van der Waals surface area contributed by atoms with E-state index in [9.17, 15) is 5.11 Å². The van der Waals surface area contributed by atoms with Crippen LogP contribution in [0.3, 0.4) is 0 Å². The predicted molar refractivity (Wildman–Crippen MR) is 76.1 cm³/mol. The lowest BCUT2D eigenvalue weighted by Gasteiger charge is -2.43. The second-order valence-electron chi connectivity index (χ2n) is 5.80. The van der Waals surface area contributed by atoms with E-state index in [0.29, 0.717) is 6.42 Å². The largest absolute Gasteiger partial charge is 0.391 e. The van der Waals surface area contributed by atoms with Crippen molar-refractivity contribution in [3.63, 3.8) is 0 Å². The topological polar surface area (TPSA) is 36.4 Å². The van der Waals surface area contributed by atoms with Gasteiger partial charge >= 0.3 is 0 Å². The first-order chi connectivity index (χ1) is 8.50. The molecular formula is C14H24N2OS. The molecule has 2 heterocycles. The molecule has 1 aromatic heterocycles. The molecule has 1 atom stereocenters. The van der Waals surface area contributed by atoms with E-state index in [4.69, 9.17) is 0 Å². The van der Waals surface area contributed by atoms with E-state index >= 15 is 0 Å². The van der Waals surface area contributed by atoms with E-state index in [0.717, 1.165) is 23.8 Å². The van der Waals surface area contributed by atoms with Crippen molar-refractivity contribution in [2.75, 3.05) is 13.1 Å². The van der Waals surface area contributed by atoms with Gasteiger partial charge in [-0.15, -0.1) is 11.3 Å². The summed E-state index contributed by atoms with van der Waals surface area (Å²) in [6, 6.07) is 0. The van der Waals surface area contributed by atoms with E-state index in [1.165, 1.54) is 19.3 Å². The predicted octanol–water partition coefficient (Wildman–Crippen LogP) is 2.62. The monoisotopic (exact) mass is 268 g/mol. The molecule has 1 aromatic rings. The van der Waals surface area contributed by atoms with Crippen molar-refractivity contribution in [1.82, 2.24) is 9.88 Å². The molecular weight excluding hydrogens is 244 g/mol. The fraction of sp³-hybridized carbons (Fsp3) is 0.786. The second kappa shape index (κ2) is 5.68. The van der Waals surface area contributed by atoms with Gasteiger partial charge in [0.2, 0.25) is 0 Å². The van der Waals surface area contributed by atoms with Crippen LogP contribution in [0.5, 0.6) is 0 Å². The maximum absolute atomic E-state index is 10.5. The van der Waals surface area contributed by atoms with E-state index in [2.05, 4.69) is 29.1 Å². The molecule has 0 aromatic carbocycles. The van der Waals surface area contributed by atoms with Crippen LogP contribution in [0.2, 0.25) is 0 Å². The molecule has 0 saturated carbocycles.